The van der Waals surface area contributed by atoms with E-state index in [2.05, 4.69) is 66.7 Å². The van der Waals surface area contributed by atoms with Crippen LogP contribution in [0.2, 0.25) is 0 Å². The van der Waals surface area contributed by atoms with Gasteiger partial charge in [0.1, 0.15) is 0 Å². The van der Waals surface area contributed by atoms with Gasteiger partial charge in [0, 0.05) is 25.3 Å². The molecular formula is C19H29N5. The Morgan fingerprint density at radius 2 is 2.00 bits per heavy atom. The quantitative estimate of drug-likeness (QED) is 0.467. The van der Waals surface area contributed by atoms with E-state index in [1.807, 2.05) is 22.9 Å². The third-order valence-corrected chi connectivity index (χ3v) is 3.67. The number of hydrogen-bond donors (Lipinski definition) is 2. The molecule has 0 aliphatic rings. The highest BCUT2D eigenvalue weighted by molar-refractivity contribution is 5.79. The number of aliphatic imine (C=N–C) groups is 1. The lowest BCUT2D eigenvalue weighted by Gasteiger charge is -2.13. The molecule has 0 saturated heterocycles. The fraction of sp³-hybridized carbons (Fsp3) is 0.474. The lowest BCUT2D eigenvalue weighted by Crippen LogP contribution is -2.41. The molecule has 1 aromatic heterocycles. The van der Waals surface area contributed by atoms with E-state index in [0.29, 0.717) is 6.04 Å². The smallest absolute Gasteiger partial charge is 0.191 e. The molecule has 1 aromatic carbocycles. The van der Waals surface area contributed by atoms with E-state index in [-0.39, 0.29) is 0 Å². The number of para-hydroxylation sites is 1. The van der Waals surface area contributed by atoms with Gasteiger partial charge in [-0.2, -0.15) is 5.10 Å². The molecule has 2 rings (SSSR count). The van der Waals surface area contributed by atoms with Crippen LogP contribution in [0.5, 0.6) is 0 Å². The van der Waals surface area contributed by atoms with Gasteiger partial charge in [0.2, 0.25) is 0 Å². The Kier molecular flexibility index (Phi) is 6.85. The third kappa shape index (κ3) is 5.41. The maximum atomic E-state index is 4.63. The SMILES string of the molecule is CCNC(=NCCCc1cn(-c2ccccc2)nc1C)NC(C)C. The van der Waals surface area contributed by atoms with Gasteiger partial charge >= 0.3 is 0 Å². The molecule has 0 radical (unpaired) electrons. The van der Waals surface area contributed by atoms with Crippen LogP contribution in [0.15, 0.2) is 41.5 Å². The molecule has 0 atom stereocenters. The van der Waals surface area contributed by atoms with Crippen LogP contribution in [0.3, 0.4) is 0 Å². The summed E-state index contributed by atoms with van der Waals surface area (Å²) in [6.07, 6.45) is 4.13. The number of aromatic nitrogens is 2. The van der Waals surface area contributed by atoms with Crippen molar-refractivity contribution in [3.63, 3.8) is 0 Å². The van der Waals surface area contributed by atoms with E-state index >= 15 is 0 Å². The minimum absolute atomic E-state index is 0.383. The Labute approximate surface area is 145 Å². The first-order valence-corrected chi connectivity index (χ1v) is 8.75. The number of benzene rings is 1. The number of guanidine groups is 1. The van der Waals surface area contributed by atoms with Gasteiger partial charge in [0.05, 0.1) is 11.4 Å². The number of rotatable bonds is 7. The topological polar surface area (TPSA) is 54.2 Å². The minimum Gasteiger partial charge on any atom is -0.357 e. The molecule has 0 amide bonds. The molecule has 5 nitrogen and oxygen atoms in total. The molecule has 0 bridgehead atoms. The van der Waals surface area contributed by atoms with E-state index in [4.69, 9.17) is 0 Å². The summed E-state index contributed by atoms with van der Waals surface area (Å²) in [6.45, 7) is 10.1. The van der Waals surface area contributed by atoms with Crippen molar-refractivity contribution in [1.82, 2.24) is 20.4 Å². The van der Waals surface area contributed by atoms with Gasteiger partial charge in [-0.25, -0.2) is 4.68 Å². The lowest BCUT2D eigenvalue weighted by atomic mass is 10.1. The first-order chi connectivity index (χ1) is 11.6. The summed E-state index contributed by atoms with van der Waals surface area (Å²) < 4.78 is 1.96. The van der Waals surface area contributed by atoms with Gasteiger partial charge in [-0.05, 0) is 58.2 Å². The molecule has 1 heterocycles. The molecule has 0 aliphatic heterocycles. The Morgan fingerprint density at radius 3 is 2.67 bits per heavy atom. The average Bonchev–Trinajstić information content (AvgIpc) is 2.93. The highest BCUT2D eigenvalue weighted by Gasteiger charge is 2.06. The van der Waals surface area contributed by atoms with Gasteiger partial charge in [0.15, 0.2) is 5.96 Å². The van der Waals surface area contributed by atoms with Gasteiger partial charge in [0.25, 0.3) is 0 Å². The summed E-state index contributed by atoms with van der Waals surface area (Å²) in [5.41, 5.74) is 3.48. The van der Waals surface area contributed by atoms with Crippen molar-refractivity contribution in [1.29, 1.82) is 0 Å². The van der Waals surface area contributed by atoms with Crippen LogP contribution in [0, 0.1) is 6.92 Å². The largest absolute Gasteiger partial charge is 0.357 e. The van der Waals surface area contributed by atoms with Gasteiger partial charge in [-0.3, -0.25) is 4.99 Å². The van der Waals surface area contributed by atoms with Gasteiger partial charge in [-0.15, -0.1) is 0 Å². The van der Waals surface area contributed by atoms with Crippen LogP contribution in [0.25, 0.3) is 5.69 Å². The van der Waals surface area contributed by atoms with Crippen LogP contribution >= 0.6 is 0 Å². The second-order valence-corrected chi connectivity index (χ2v) is 6.18. The van der Waals surface area contributed by atoms with Gasteiger partial charge in [-0.1, -0.05) is 18.2 Å². The Hall–Kier alpha value is -2.30. The van der Waals surface area contributed by atoms with Crippen LogP contribution < -0.4 is 10.6 Å². The van der Waals surface area contributed by atoms with E-state index in [0.717, 1.165) is 43.3 Å². The summed E-state index contributed by atoms with van der Waals surface area (Å²) in [5, 5.41) is 11.2. The maximum Gasteiger partial charge on any atom is 0.191 e. The fourth-order valence-corrected chi connectivity index (χ4v) is 2.51. The molecule has 0 spiro atoms. The molecule has 24 heavy (non-hydrogen) atoms. The highest BCUT2D eigenvalue weighted by atomic mass is 15.3. The molecular weight excluding hydrogens is 298 g/mol. The normalized spacial score (nSPS) is 11.8. The molecule has 2 aromatic rings. The average molecular weight is 327 g/mol. The van der Waals surface area contributed by atoms with Crippen LogP contribution in [-0.2, 0) is 6.42 Å². The maximum absolute atomic E-state index is 4.63. The first-order valence-electron chi connectivity index (χ1n) is 8.75. The van der Waals surface area contributed by atoms with Crippen molar-refractivity contribution in [3.8, 4) is 5.69 Å². The molecule has 0 fully saturated rings. The number of hydrogen-bond acceptors (Lipinski definition) is 2. The first kappa shape index (κ1) is 18.0. The monoisotopic (exact) mass is 327 g/mol. The fourth-order valence-electron chi connectivity index (χ4n) is 2.51. The number of nitrogens with one attached hydrogen (secondary N) is 2. The highest BCUT2D eigenvalue weighted by Crippen LogP contribution is 2.13. The van der Waals surface area contributed by atoms with Crippen LogP contribution in [0.1, 0.15) is 38.4 Å². The zero-order valence-corrected chi connectivity index (χ0v) is 15.2. The number of nitrogens with zero attached hydrogens (tertiary/aromatic N) is 3. The zero-order chi connectivity index (χ0) is 17.4. The predicted molar refractivity (Wildman–Crippen MR) is 101 cm³/mol. The zero-order valence-electron chi connectivity index (χ0n) is 15.2. The predicted octanol–water partition coefficient (Wildman–Crippen LogP) is 3.08. The Bertz CT molecular complexity index is 643. The third-order valence-electron chi connectivity index (χ3n) is 3.67. The summed E-state index contributed by atoms with van der Waals surface area (Å²) >= 11 is 0. The lowest BCUT2D eigenvalue weighted by molar-refractivity contribution is 0.696. The Balaban J connectivity index is 1.91. The summed E-state index contributed by atoms with van der Waals surface area (Å²) in [6, 6.07) is 10.6. The van der Waals surface area contributed by atoms with E-state index in [1.165, 1.54) is 5.56 Å². The molecule has 0 aliphatic carbocycles. The van der Waals surface area contributed by atoms with E-state index < -0.39 is 0 Å². The van der Waals surface area contributed by atoms with E-state index in [1.54, 1.807) is 0 Å². The summed E-state index contributed by atoms with van der Waals surface area (Å²) in [5.74, 6) is 0.893. The molecule has 5 heteroatoms. The molecule has 2 N–H and O–H groups in total. The Morgan fingerprint density at radius 1 is 1.25 bits per heavy atom. The second-order valence-electron chi connectivity index (χ2n) is 6.18. The van der Waals surface area contributed by atoms with Crippen LogP contribution in [0.4, 0.5) is 0 Å². The van der Waals surface area contributed by atoms with Gasteiger partial charge < -0.3 is 10.6 Å². The van der Waals surface area contributed by atoms with E-state index in [9.17, 15) is 0 Å². The van der Waals surface area contributed by atoms with Crippen molar-refractivity contribution >= 4 is 5.96 Å². The second kappa shape index (κ2) is 9.11. The summed E-state index contributed by atoms with van der Waals surface area (Å²) in [4.78, 5) is 4.63. The van der Waals surface area contributed by atoms with Crippen molar-refractivity contribution in [2.24, 2.45) is 4.99 Å². The van der Waals surface area contributed by atoms with Crippen LogP contribution in [-0.4, -0.2) is 34.9 Å². The number of aryl methyl sites for hydroxylation is 2. The minimum atomic E-state index is 0.383. The van der Waals surface area contributed by atoms with Crippen molar-refractivity contribution < 1.29 is 0 Å². The van der Waals surface area contributed by atoms with Crippen molar-refractivity contribution in [2.45, 2.75) is 46.6 Å². The summed E-state index contributed by atoms with van der Waals surface area (Å²) in [7, 11) is 0. The van der Waals surface area contributed by atoms with Crippen molar-refractivity contribution in [2.75, 3.05) is 13.1 Å². The molecule has 130 valence electrons. The van der Waals surface area contributed by atoms with Crippen molar-refractivity contribution in [3.05, 3.63) is 47.8 Å². The standard InChI is InChI=1S/C19H29N5/c1-5-20-19(22-15(2)3)21-13-9-10-17-14-24(23-16(17)4)18-11-7-6-8-12-18/h6-8,11-12,14-15H,5,9-10,13H2,1-4H3,(H2,20,21,22). The molecule has 0 saturated carbocycles. The molecule has 0 unspecified atom stereocenters.